The van der Waals surface area contributed by atoms with Crippen LogP contribution < -0.4 is 5.32 Å². The molecule has 2 N–H and O–H groups in total. The standard InChI is InChI=1S/C22H26N4O/c1-16-24-20-10-7-18(13-21(20)25-16)14-23-22(27)19-8-5-17(6-9-19)15-26-11-3-2-4-12-26/h5-10,13H,2-4,11-12,14-15H2,1H3,(H,23,27)(H,24,25). The lowest BCUT2D eigenvalue weighted by Gasteiger charge is -2.26. The number of benzene rings is 2. The molecule has 5 heteroatoms. The molecule has 0 unspecified atom stereocenters. The van der Waals surface area contributed by atoms with E-state index in [4.69, 9.17) is 0 Å². The molecule has 27 heavy (non-hydrogen) atoms. The zero-order valence-corrected chi connectivity index (χ0v) is 15.8. The number of likely N-dealkylation sites (tertiary alicyclic amines) is 1. The molecule has 1 amide bonds. The molecule has 2 aromatic carbocycles. The van der Waals surface area contributed by atoms with Crippen molar-refractivity contribution in [1.82, 2.24) is 20.2 Å². The van der Waals surface area contributed by atoms with Crippen LogP contribution in [0, 0.1) is 6.92 Å². The van der Waals surface area contributed by atoms with Crippen LogP contribution in [0.1, 0.15) is 46.6 Å². The van der Waals surface area contributed by atoms with Gasteiger partial charge < -0.3 is 10.3 Å². The average Bonchev–Trinajstić information content (AvgIpc) is 3.07. The number of fused-ring (bicyclic) bond motifs is 1. The second kappa shape index (κ2) is 7.92. The number of aromatic nitrogens is 2. The number of nitrogens with zero attached hydrogens (tertiary/aromatic N) is 2. The van der Waals surface area contributed by atoms with Crippen LogP contribution in [0.25, 0.3) is 11.0 Å². The van der Waals surface area contributed by atoms with Gasteiger partial charge in [0.25, 0.3) is 5.91 Å². The molecule has 1 aliphatic heterocycles. The zero-order chi connectivity index (χ0) is 18.6. The van der Waals surface area contributed by atoms with E-state index in [-0.39, 0.29) is 5.91 Å². The number of aromatic amines is 1. The van der Waals surface area contributed by atoms with Crippen LogP contribution in [0.4, 0.5) is 0 Å². The highest BCUT2D eigenvalue weighted by Gasteiger charge is 2.11. The number of piperidine rings is 1. The van der Waals surface area contributed by atoms with Gasteiger partial charge in [-0.05, 0) is 68.2 Å². The van der Waals surface area contributed by atoms with Gasteiger partial charge in [-0.15, -0.1) is 0 Å². The monoisotopic (exact) mass is 362 g/mol. The van der Waals surface area contributed by atoms with E-state index in [1.165, 1.54) is 37.9 Å². The first-order valence-corrected chi connectivity index (χ1v) is 9.72. The third-order valence-electron chi connectivity index (χ3n) is 5.19. The Balaban J connectivity index is 1.34. The Kier molecular flexibility index (Phi) is 5.21. The van der Waals surface area contributed by atoms with Crippen LogP contribution in [-0.2, 0) is 13.1 Å². The Bertz CT molecular complexity index is 923. The summed E-state index contributed by atoms with van der Waals surface area (Å²) in [5.41, 5.74) is 4.98. The summed E-state index contributed by atoms with van der Waals surface area (Å²) < 4.78 is 0. The Hall–Kier alpha value is -2.66. The van der Waals surface area contributed by atoms with Gasteiger partial charge in [-0.1, -0.05) is 24.6 Å². The van der Waals surface area contributed by atoms with Gasteiger partial charge in [-0.25, -0.2) is 4.98 Å². The molecule has 3 aromatic rings. The van der Waals surface area contributed by atoms with Crippen molar-refractivity contribution in [3.63, 3.8) is 0 Å². The molecule has 1 aliphatic rings. The van der Waals surface area contributed by atoms with Crippen LogP contribution >= 0.6 is 0 Å². The van der Waals surface area contributed by atoms with E-state index in [0.717, 1.165) is 29.0 Å². The van der Waals surface area contributed by atoms with Gasteiger partial charge in [-0.3, -0.25) is 9.69 Å². The third kappa shape index (κ3) is 4.37. The van der Waals surface area contributed by atoms with Crippen molar-refractivity contribution in [2.75, 3.05) is 13.1 Å². The Morgan fingerprint density at radius 1 is 1.07 bits per heavy atom. The highest BCUT2D eigenvalue weighted by atomic mass is 16.1. The number of carbonyl (C=O) groups excluding carboxylic acids is 1. The van der Waals surface area contributed by atoms with Crippen molar-refractivity contribution in [2.24, 2.45) is 0 Å². The number of imidazole rings is 1. The molecule has 4 rings (SSSR count). The predicted molar refractivity (Wildman–Crippen MR) is 108 cm³/mol. The van der Waals surface area contributed by atoms with Crippen LogP contribution in [0.3, 0.4) is 0 Å². The molecule has 0 spiro atoms. The summed E-state index contributed by atoms with van der Waals surface area (Å²) in [4.78, 5) is 22.6. The lowest BCUT2D eigenvalue weighted by Crippen LogP contribution is -2.29. The van der Waals surface area contributed by atoms with Gasteiger partial charge in [0.1, 0.15) is 5.82 Å². The summed E-state index contributed by atoms with van der Waals surface area (Å²) in [6, 6.07) is 14.0. The number of nitrogens with one attached hydrogen (secondary N) is 2. The van der Waals surface area contributed by atoms with E-state index < -0.39 is 0 Å². The number of hydrogen-bond acceptors (Lipinski definition) is 3. The SMILES string of the molecule is Cc1nc2ccc(CNC(=O)c3ccc(CN4CCCCC4)cc3)cc2[nH]1. The number of hydrogen-bond donors (Lipinski definition) is 2. The first-order chi connectivity index (χ1) is 13.2. The zero-order valence-electron chi connectivity index (χ0n) is 15.8. The molecule has 1 aromatic heterocycles. The molecule has 0 saturated carbocycles. The van der Waals surface area contributed by atoms with Crippen LogP contribution in [0.2, 0.25) is 0 Å². The lowest BCUT2D eigenvalue weighted by molar-refractivity contribution is 0.0951. The van der Waals surface area contributed by atoms with Crippen molar-refractivity contribution in [3.05, 3.63) is 65.0 Å². The minimum Gasteiger partial charge on any atom is -0.348 e. The number of amides is 1. The fraction of sp³-hybridized carbons (Fsp3) is 0.364. The fourth-order valence-corrected chi connectivity index (χ4v) is 3.72. The number of rotatable bonds is 5. The molecule has 0 bridgehead atoms. The maximum atomic E-state index is 12.4. The predicted octanol–water partition coefficient (Wildman–Crippen LogP) is 3.79. The topological polar surface area (TPSA) is 61.0 Å². The molecule has 1 saturated heterocycles. The van der Waals surface area contributed by atoms with Crippen molar-refractivity contribution < 1.29 is 4.79 Å². The highest BCUT2D eigenvalue weighted by Crippen LogP contribution is 2.15. The molecule has 1 fully saturated rings. The largest absolute Gasteiger partial charge is 0.348 e. The molecule has 0 atom stereocenters. The van der Waals surface area contributed by atoms with Crippen molar-refractivity contribution in [2.45, 2.75) is 39.3 Å². The normalized spacial score (nSPS) is 15.1. The molecule has 140 valence electrons. The molecular formula is C22H26N4O. The summed E-state index contributed by atoms with van der Waals surface area (Å²) in [6.45, 7) is 5.79. The number of H-pyrrole nitrogens is 1. The second-order valence-electron chi connectivity index (χ2n) is 7.39. The van der Waals surface area contributed by atoms with E-state index in [9.17, 15) is 4.79 Å². The maximum absolute atomic E-state index is 12.4. The molecule has 5 nitrogen and oxygen atoms in total. The van der Waals surface area contributed by atoms with Crippen molar-refractivity contribution >= 4 is 16.9 Å². The van der Waals surface area contributed by atoms with Gasteiger partial charge in [0.05, 0.1) is 11.0 Å². The minimum atomic E-state index is -0.0413. The van der Waals surface area contributed by atoms with E-state index in [1.54, 1.807) is 0 Å². The molecule has 0 radical (unpaired) electrons. The third-order valence-corrected chi connectivity index (χ3v) is 5.19. The summed E-state index contributed by atoms with van der Waals surface area (Å²) in [7, 11) is 0. The first kappa shape index (κ1) is 17.7. The van der Waals surface area contributed by atoms with E-state index >= 15 is 0 Å². The van der Waals surface area contributed by atoms with Crippen molar-refractivity contribution in [1.29, 1.82) is 0 Å². The molecule has 2 heterocycles. The van der Waals surface area contributed by atoms with E-state index in [1.807, 2.05) is 37.3 Å². The van der Waals surface area contributed by atoms with Gasteiger partial charge in [0.15, 0.2) is 0 Å². The molecule has 0 aliphatic carbocycles. The maximum Gasteiger partial charge on any atom is 0.251 e. The summed E-state index contributed by atoms with van der Waals surface area (Å²) >= 11 is 0. The van der Waals surface area contributed by atoms with Crippen LogP contribution in [0.5, 0.6) is 0 Å². The van der Waals surface area contributed by atoms with Gasteiger partial charge in [0, 0.05) is 18.7 Å². The van der Waals surface area contributed by atoms with Gasteiger partial charge >= 0.3 is 0 Å². The Morgan fingerprint density at radius 3 is 2.59 bits per heavy atom. The highest BCUT2D eigenvalue weighted by molar-refractivity contribution is 5.94. The average molecular weight is 362 g/mol. The van der Waals surface area contributed by atoms with E-state index in [0.29, 0.717) is 12.1 Å². The summed E-state index contributed by atoms with van der Waals surface area (Å²) in [5, 5.41) is 3.00. The lowest BCUT2D eigenvalue weighted by atomic mass is 10.1. The van der Waals surface area contributed by atoms with Crippen LogP contribution in [-0.4, -0.2) is 33.9 Å². The van der Waals surface area contributed by atoms with Crippen molar-refractivity contribution in [3.8, 4) is 0 Å². The fourth-order valence-electron chi connectivity index (χ4n) is 3.72. The quantitative estimate of drug-likeness (QED) is 0.726. The van der Waals surface area contributed by atoms with Crippen LogP contribution in [0.15, 0.2) is 42.5 Å². The second-order valence-corrected chi connectivity index (χ2v) is 7.39. The van der Waals surface area contributed by atoms with Gasteiger partial charge in [0.2, 0.25) is 0 Å². The van der Waals surface area contributed by atoms with Gasteiger partial charge in [-0.2, -0.15) is 0 Å². The van der Waals surface area contributed by atoms with E-state index in [2.05, 4.69) is 32.3 Å². The number of aryl methyl sites for hydroxylation is 1. The number of carbonyl (C=O) groups is 1. The molecular weight excluding hydrogens is 336 g/mol. The summed E-state index contributed by atoms with van der Waals surface area (Å²) in [6.07, 6.45) is 3.94. The minimum absolute atomic E-state index is 0.0413. The smallest absolute Gasteiger partial charge is 0.251 e. The Labute approximate surface area is 159 Å². The summed E-state index contributed by atoms with van der Waals surface area (Å²) in [5.74, 6) is 0.858. The Morgan fingerprint density at radius 2 is 1.81 bits per heavy atom. The first-order valence-electron chi connectivity index (χ1n) is 9.72.